The van der Waals surface area contributed by atoms with Gasteiger partial charge in [-0.05, 0) is 50.1 Å². The molecule has 0 fully saturated rings. The Labute approximate surface area is 187 Å². The van der Waals surface area contributed by atoms with Crippen molar-refractivity contribution in [1.29, 1.82) is 0 Å². The highest BCUT2D eigenvalue weighted by molar-refractivity contribution is 7.91. The summed E-state index contributed by atoms with van der Waals surface area (Å²) in [7, 11) is -4.79. The first kappa shape index (κ1) is 25.4. The molecule has 2 rings (SSSR count). The Morgan fingerprint density at radius 3 is 2.22 bits per heavy atom. The van der Waals surface area contributed by atoms with E-state index in [2.05, 4.69) is 5.32 Å². The van der Waals surface area contributed by atoms with Crippen molar-refractivity contribution in [2.24, 2.45) is 0 Å². The molecular weight excluding hydrogens is 468 g/mol. The molecule has 0 unspecified atom stereocenters. The molecule has 0 atom stereocenters. The molecule has 32 heavy (non-hydrogen) atoms. The minimum absolute atomic E-state index is 0.126. The average Bonchev–Trinajstić information content (AvgIpc) is 3.06. The Morgan fingerprint density at radius 2 is 1.69 bits per heavy atom. The molecule has 2 aromatic rings. The van der Waals surface area contributed by atoms with E-state index in [1.54, 1.807) is 13.8 Å². The molecule has 0 aliphatic rings. The molecule has 1 N–H and O–H groups in total. The lowest BCUT2D eigenvalue weighted by Gasteiger charge is -2.09. The predicted octanol–water partition coefficient (Wildman–Crippen LogP) is 3.59. The van der Waals surface area contributed by atoms with Gasteiger partial charge < -0.3 is 14.8 Å². The molecule has 0 bridgehead atoms. The molecule has 0 radical (unpaired) electrons. The van der Waals surface area contributed by atoms with Gasteiger partial charge in [-0.25, -0.2) is 18.0 Å². The van der Waals surface area contributed by atoms with Crippen LogP contribution >= 0.6 is 11.3 Å². The van der Waals surface area contributed by atoms with E-state index in [-0.39, 0.29) is 22.7 Å². The van der Waals surface area contributed by atoms with Crippen molar-refractivity contribution in [2.45, 2.75) is 37.8 Å². The van der Waals surface area contributed by atoms with E-state index in [9.17, 15) is 31.6 Å². The SMILES string of the molecule is CCOC(=O)c1c(NC(=O)COC(=O)c2ccc(S(=O)(=O)C(F)F)cc2)sc(C)c1CC. The van der Waals surface area contributed by atoms with Crippen molar-refractivity contribution in [2.75, 3.05) is 18.5 Å². The topological polar surface area (TPSA) is 116 Å². The number of hydrogen-bond donors (Lipinski definition) is 1. The van der Waals surface area contributed by atoms with Gasteiger partial charge in [-0.3, -0.25) is 4.79 Å². The van der Waals surface area contributed by atoms with E-state index < -0.39 is 44.9 Å². The lowest BCUT2D eigenvalue weighted by atomic mass is 10.1. The van der Waals surface area contributed by atoms with Crippen molar-refractivity contribution in [3.05, 3.63) is 45.8 Å². The van der Waals surface area contributed by atoms with Crippen LogP contribution in [0.15, 0.2) is 29.2 Å². The Hall–Kier alpha value is -2.86. The van der Waals surface area contributed by atoms with Crippen LogP contribution in [0, 0.1) is 6.92 Å². The fourth-order valence-corrected chi connectivity index (χ4v) is 4.64. The monoisotopic (exact) mass is 489 g/mol. The molecule has 1 heterocycles. The van der Waals surface area contributed by atoms with Gasteiger partial charge in [0.25, 0.3) is 5.91 Å². The summed E-state index contributed by atoms with van der Waals surface area (Å²) in [5.74, 6) is -5.81. The van der Waals surface area contributed by atoms with Crippen molar-refractivity contribution in [1.82, 2.24) is 0 Å². The van der Waals surface area contributed by atoms with Crippen LogP contribution in [0.5, 0.6) is 0 Å². The van der Waals surface area contributed by atoms with Crippen LogP contribution in [0.25, 0.3) is 0 Å². The number of carbonyl (C=O) groups excluding carboxylic acids is 3. The van der Waals surface area contributed by atoms with Crippen LogP contribution in [0.4, 0.5) is 13.8 Å². The third-order valence-electron chi connectivity index (χ3n) is 4.28. The van der Waals surface area contributed by atoms with E-state index in [1.807, 2.05) is 6.92 Å². The van der Waals surface area contributed by atoms with E-state index in [0.29, 0.717) is 6.42 Å². The second-order valence-electron chi connectivity index (χ2n) is 6.37. The molecule has 0 spiro atoms. The zero-order chi connectivity index (χ0) is 24.1. The number of halogens is 2. The number of nitrogens with one attached hydrogen (secondary N) is 1. The van der Waals surface area contributed by atoms with Crippen molar-refractivity contribution in [3.63, 3.8) is 0 Å². The summed E-state index contributed by atoms with van der Waals surface area (Å²) in [4.78, 5) is 36.8. The van der Waals surface area contributed by atoms with Crippen molar-refractivity contribution >= 4 is 44.0 Å². The van der Waals surface area contributed by atoms with Gasteiger partial charge in [-0.15, -0.1) is 11.3 Å². The highest BCUT2D eigenvalue weighted by Gasteiger charge is 2.27. The number of ether oxygens (including phenoxy) is 2. The van der Waals surface area contributed by atoms with E-state index in [0.717, 1.165) is 34.7 Å². The largest absolute Gasteiger partial charge is 0.462 e. The van der Waals surface area contributed by atoms with Crippen LogP contribution < -0.4 is 5.32 Å². The number of amides is 1. The third-order valence-corrected chi connectivity index (χ3v) is 6.74. The van der Waals surface area contributed by atoms with E-state index >= 15 is 0 Å². The normalized spacial score (nSPS) is 11.3. The predicted molar refractivity (Wildman–Crippen MR) is 113 cm³/mol. The van der Waals surface area contributed by atoms with Crippen molar-refractivity contribution in [3.8, 4) is 0 Å². The van der Waals surface area contributed by atoms with Gasteiger partial charge in [0.2, 0.25) is 9.84 Å². The summed E-state index contributed by atoms with van der Waals surface area (Å²) >= 11 is 1.19. The molecule has 8 nitrogen and oxygen atoms in total. The first-order chi connectivity index (χ1) is 15.0. The number of thiophene rings is 1. The first-order valence-electron chi connectivity index (χ1n) is 9.41. The number of aryl methyl sites for hydroxylation is 1. The number of sulfone groups is 1. The highest BCUT2D eigenvalue weighted by atomic mass is 32.2. The van der Waals surface area contributed by atoms with Gasteiger partial charge in [0.05, 0.1) is 22.6 Å². The van der Waals surface area contributed by atoms with Gasteiger partial charge in [0.15, 0.2) is 6.61 Å². The number of alkyl halides is 2. The second kappa shape index (κ2) is 10.6. The van der Waals surface area contributed by atoms with Crippen LogP contribution in [0.2, 0.25) is 0 Å². The molecular formula is C20H21F2NO7S2. The zero-order valence-corrected chi connectivity index (χ0v) is 19.1. The Balaban J connectivity index is 2.06. The third kappa shape index (κ3) is 5.68. The molecule has 174 valence electrons. The summed E-state index contributed by atoms with van der Waals surface area (Å²) in [6.45, 7) is 4.81. The number of anilines is 1. The molecule has 0 aliphatic carbocycles. The maximum atomic E-state index is 12.6. The smallest absolute Gasteiger partial charge is 0.341 e. The summed E-state index contributed by atoms with van der Waals surface area (Å²) in [6, 6.07) is 3.71. The first-order valence-corrected chi connectivity index (χ1v) is 11.8. The lowest BCUT2D eigenvalue weighted by Crippen LogP contribution is -2.22. The number of rotatable bonds is 9. The zero-order valence-electron chi connectivity index (χ0n) is 17.4. The molecule has 12 heteroatoms. The van der Waals surface area contributed by atoms with Gasteiger partial charge in [0.1, 0.15) is 5.00 Å². The van der Waals surface area contributed by atoms with Crippen LogP contribution in [-0.4, -0.2) is 45.2 Å². The number of esters is 2. The van der Waals surface area contributed by atoms with Crippen LogP contribution in [-0.2, 0) is 30.5 Å². The van der Waals surface area contributed by atoms with Gasteiger partial charge in [0, 0.05) is 4.88 Å². The summed E-state index contributed by atoms with van der Waals surface area (Å²) in [6.07, 6.45) is 0.554. The maximum Gasteiger partial charge on any atom is 0.341 e. The van der Waals surface area contributed by atoms with Gasteiger partial charge >= 0.3 is 17.7 Å². The Morgan fingerprint density at radius 1 is 1.06 bits per heavy atom. The van der Waals surface area contributed by atoms with Gasteiger partial charge in [-0.1, -0.05) is 6.92 Å². The molecule has 0 aliphatic heterocycles. The fraction of sp³-hybridized carbons (Fsp3) is 0.350. The second-order valence-corrected chi connectivity index (χ2v) is 9.51. The minimum Gasteiger partial charge on any atom is -0.462 e. The average molecular weight is 490 g/mol. The fourth-order valence-electron chi connectivity index (χ4n) is 2.77. The van der Waals surface area contributed by atoms with Crippen molar-refractivity contribution < 1.29 is 41.1 Å². The van der Waals surface area contributed by atoms with Crippen LogP contribution in [0.3, 0.4) is 0 Å². The minimum atomic E-state index is -4.79. The number of hydrogen-bond acceptors (Lipinski definition) is 8. The number of benzene rings is 1. The Bertz CT molecular complexity index is 1110. The molecule has 1 aromatic heterocycles. The summed E-state index contributed by atoms with van der Waals surface area (Å²) < 4.78 is 57.9. The van der Waals surface area contributed by atoms with E-state index in [4.69, 9.17) is 9.47 Å². The molecule has 0 saturated heterocycles. The van der Waals surface area contributed by atoms with Gasteiger partial charge in [-0.2, -0.15) is 8.78 Å². The standard InChI is InChI=1S/C20H21F2NO7S2/c1-4-14-11(3)31-17(16(14)19(26)29-5-2)23-15(24)10-30-18(25)12-6-8-13(9-7-12)32(27,28)20(21)22/h6-9,20H,4-5,10H2,1-3H3,(H,23,24). The summed E-state index contributed by atoms with van der Waals surface area (Å²) in [5, 5.41) is 2.81. The maximum absolute atomic E-state index is 12.6. The van der Waals surface area contributed by atoms with Crippen LogP contribution in [0.1, 0.15) is 45.0 Å². The molecule has 1 amide bonds. The summed E-state index contributed by atoms with van der Waals surface area (Å²) in [5.41, 5.74) is 0.880. The molecule has 1 aromatic carbocycles. The quantitative estimate of drug-likeness (QED) is 0.535. The molecule has 0 saturated carbocycles. The number of carbonyl (C=O) groups is 3. The lowest BCUT2D eigenvalue weighted by molar-refractivity contribution is -0.119. The Kier molecular flexibility index (Phi) is 8.44. The van der Waals surface area contributed by atoms with E-state index in [1.165, 1.54) is 11.3 Å². The highest BCUT2D eigenvalue weighted by Crippen LogP contribution is 2.34.